The average Bonchev–Trinajstić information content (AvgIpc) is 2.61. The Hall–Kier alpha value is -2.82. The Morgan fingerprint density at radius 2 is 1.88 bits per heavy atom. The fourth-order valence-corrected chi connectivity index (χ4v) is 2.36. The lowest BCUT2D eigenvalue weighted by Gasteiger charge is -2.10. The number of ether oxygens (including phenoxy) is 1. The summed E-state index contributed by atoms with van der Waals surface area (Å²) >= 11 is 0. The summed E-state index contributed by atoms with van der Waals surface area (Å²) in [6, 6.07) is 14.6. The predicted molar refractivity (Wildman–Crippen MR) is 94.4 cm³/mol. The Kier molecular flexibility index (Phi) is 6.37. The zero-order chi connectivity index (χ0) is 17.4. The normalized spacial score (nSPS) is 10.1. The van der Waals surface area contributed by atoms with E-state index in [0.717, 1.165) is 11.3 Å². The second-order valence-electron chi connectivity index (χ2n) is 5.25. The van der Waals surface area contributed by atoms with Gasteiger partial charge in [-0.15, -0.1) is 0 Å². The molecule has 0 bridgehead atoms. The van der Waals surface area contributed by atoms with Crippen LogP contribution in [0.4, 0.5) is 5.69 Å². The fraction of sp³-hybridized carbons (Fsp3) is 0.263. The Labute approximate surface area is 142 Å². The van der Waals surface area contributed by atoms with Crippen molar-refractivity contribution in [1.29, 1.82) is 0 Å². The second kappa shape index (κ2) is 8.72. The summed E-state index contributed by atoms with van der Waals surface area (Å²) < 4.78 is 5.57. The van der Waals surface area contributed by atoms with E-state index >= 15 is 0 Å². The minimum Gasteiger partial charge on any atom is -0.494 e. The lowest BCUT2D eigenvalue weighted by molar-refractivity contribution is -0.116. The van der Waals surface area contributed by atoms with Crippen LogP contribution in [0.1, 0.15) is 29.3 Å². The number of rotatable bonds is 7. The molecule has 0 unspecified atom stereocenters. The van der Waals surface area contributed by atoms with Crippen LogP contribution in [0, 0.1) is 0 Å². The van der Waals surface area contributed by atoms with Crippen LogP contribution in [0.2, 0.25) is 0 Å². The van der Waals surface area contributed by atoms with Crippen LogP contribution in [0.5, 0.6) is 5.75 Å². The molecule has 2 aromatic carbocycles. The number of carbonyl (C=O) groups is 2. The fourth-order valence-electron chi connectivity index (χ4n) is 2.36. The first-order valence-electron chi connectivity index (χ1n) is 7.96. The van der Waals surface area contributed by atoms with Crippen molar-refractivity contribution in [2.75, 3.05) is 19.0 Å². The number of para-hydroxylation sites is 1. The summed E-state index contributed by atoms with van der Waals surface area (Å²) in [5.41, 5.74) is 2.13. The highest BCUT2D eigenvalue weighted by Gasteiger charge is 2.09. The maximum atomic E-state index is 12.2. The second-order valence-corrected chi connectivity index (χ2v) is 5.25. The monoisotopic (exact) mass is 326 g/mol. The van der Waals surface area contributed by atoms with Crippen LogP contribution < -0.4 is 15.4 Å². The van der Waals surface area contributed by atoms with Crippen molar-refractivity contribution in [2.24, 2.45) is 0 Å². The average molecular weight is 326 g/mol. The van der Waals surface area contributed by atoms with Crippen molar-refractivity contribution in [1.82, 2.24) is 5.32 Å². The van der Waals surface area contributed by atoms with E-state index in [1.807, 2.05) is 31.2 Å². The predicted octanol–water partition coefficient (Wildman–Crippen LogP) is 3.02. The van der Waals surface area contributed by atoms with E-state index in [1.54, 1.807) is 31.3 Å². The van der Waals surface area contributed by atoms with Crippen LogP contribution in [0.3, 0.4) is 0 Å². The standard InChI is InChI=1S/C19H22N2O3/c1-3-24-17-10-5-4-7-14(17)11-12-18(22)21-16-9-6-8-15(13-16)19(23)20-2/h4-10,13H,3,11-12H2,1-2H3,(H,20,23)(H,21,22). The van der Waals surface area contributed by atoms with Gasteiger partial charge in [-0.2, -0.15) is 0 Å². The Bertz CT molecular complexity index is 713. The van der Waals surface area contributed by atoms with Crippen molar-refractivity contribution in [3.63, 3.8) is 0 Å². The first kappa shape index (κ1) is 17.5. The number of nitrogens with one attached hydrogen (secondary N) is 2. The number of aryl methyl sites for hydroxylation is 1. The van der Waals surface area contributed by atoms with Crippen molar-refractivity contribution in [3.05, 3.63) is 59.7 Å². The summed E-state index contributed by atoms with van der Waals surface area (Å²) in [5, 5.41) is 5.38. The van der Waals surface area contributed by atoms with Gasteiger partial charge in [0.25, 0.3) is 5.91 Å². The molecule has 0 radical (unpaired) electrons. The molecule has 0 aromatic heterocycles. The molecule has 0 atom stereocenters. The van der Waals surface area contributed by atoms with E-state index in [1.165, 1.54) is 0 Å². The van der Waals surface area contributed by atoms with Crippen LogP contribution in [-0.2, 0) is 11.2 Å². The summed E-state index contributed by atoms with van der Waals surface area (Å²) in [6.07, 6.45) is 0.936. The molecular formula is C19H22N2O3. The highest BCUT2D eigenvalue weighted by molar-refractivity contribution is 5.97. The van der Waals surface area contributed by atoms with Crippen LogP contribution in [-0.4, -0.2) is 25.5 Å². The zero-order valence-electron chi connectivity index (χ0n) is 14.0. The van der Waals surface area contributed by atoms with Crippen molar-refractivity contribution < 1.29 is 14.3 Å². The number of anilines is 1. The Morgan fingerprint density at radius 3 is 2.62 bits per heavy atom. The van der Waals surface area contributed by atoms with Crippen molar-refractivity contribution in [2.45, 2.75) is 19.8 Å². The first-order valence-corrected chi connectivity index (χ1v) is 7.96. The van der Waals surface area contributed by atoms with Gasteiger partial charge in [0.05, 0.1) is 6.61 Å². The third-order valence-corrected chi connectivity index (χ3v) is 3.53. The molecule has 0 aliphatic heterocycles. The van der Waals surface area contributed by atoms with Gasteiger partial charge in [0.15, 0.2) is 0 Å². The van der Waals surface area contributed by atoms with Crippen LogP contribution in [0.25, 0.3) is 0 Å². The van der Waals surface area contributed by atoms with E-state index in [0.29, 0.717) is 30.7 Å². The highest BCUT2D eigenvalue weighted by Crippen LogP contribution is 2.20. The molecule has 2 rings (SSSR count). The van der Waals surface area contributed by atoms with Crippen LogP contribution in [0.15, 0.2) is 48.5 Å². The van der Waals surface area contributed by atoms with Gasteiger partial charge in [0, 0.05) is 24.7 Å². The van der Waals surface area contributed by atoms with Gasteiger partial charge in [0.2, 0.25) is 5.91 Å². The summed E-state index contributed by atoms with van der Waals surface area (Å²) in [7, 11) is 1.57. The molecule has 5 heteroatoms. The molecule has 24 heavy (non-hydrogen) atoms. The first-order chi connectivity index (χ1) is 11.6. The third-order valence-electron chi connectivity index (χ3n) is 3.53. The molecule has 2 amide bonds. The van der Waals surface area contributed by atoms with Gasteiger partial charge in [-0.05, 0) is 43.2 Å². The van der Waals surface area contributed by atoms with Crippen LogP contribution >= 0.6 is 0 Å². The van der Waals surface area contributed by atoms with Gasteiger partial charge in [-0.25, -0.2) is 0 Å². The number of benzene rings is 2. The lowest BCUT2D eigenvalue weighted by atomic mass is 10.1. The van der Waals surface area contributed by atoms with E-state index in [2.05, 4.69) is 10.6 Å². The molecule has 0 spiro atoms. The van der Waals surface area contributed by atoms with Gasteiger partial charge < -0.3 is 15.4 Å². The topological polar surface area (TPSA) is 67.4 Å². The minimum atomic E-state index is -0.184. The largest absolute Gasteiger partial charge is 0.494 e. The number of hydrogen-bond donors (Lipinski definition) is 2. The molecule has 0 saturated carbocycles. The molecule has 0 fully saturated rings. The van der Waals surface area contributed by atoms with E-state index in [4.69, 9.17) is 4.74 Å². The minimum absolute atomic E-state index is 0.102. The number of amides is 2. The third kappa shape index (κ3) is 4.84. The van der Waals surface area contributed by atoms with Gasteiger partial charge in [0.1, 0.15) is 5.75 Å². The molecular weight excluding hydrogens is 304 g/mol. The smallest absolute Gasteiger partial charge is 0.251 e. The van der Waals surface area contributed by atoms with Gasteiger partial charge in [-0.1, -0.05) is 24.3 Å². The molecule has 2 aromatic rings. The molecule has 5 nitrogen and oxygen atoms in total. The summed E-state index contributed by atoms with van der Waals surface area (Å²) in [6.45, 7) is 2.53. The highest BCUT2D eigenvalue weighted by atomic mass is 16.5. The SMILES string of the molecule is CCOc1ccccc1CCC(=O)Nc1cccc(C(=O)NC)c1. The molecule has 126 valence electrons. The van der Waals surface area contributed by atoms with Crippen molar-refractivity contribution >= 4 is 17.5 Å². The maximum absolute atomic E-state index is 12.2. The maximum Gasteiger partial charge on any atom is 0.251 e. The molecule has 0 heterocycles. The lowest BCUT2D eigenvalue weighted by Crippen LogP contribution is -2.18. The van der Waals surface area contributed by atoms with Crippen molar-refractivity contribution in [3.8, 4) is 5.75 Å². The quantitative estimate of drug-likeness (QED) is 0.822. The molecule has 2 N–H and O–H groups in total. The zero-order valence-corrected chi connectivity index (χ0v) is 14.0. The Balaban J connectivity index is 1.96. The van der Waals surface area contributed by atoms with E-state index < -0.39 is 0 Å². The van der Waals surface area contributed by atoms with E-state index in [-0.39, 0.29) is 11.8 Å². The molecule has 0 saturated heterocycles. The van der Waals surface area contributed by atoms with Gasteiger partial charge >= 0.3 is 0 Å². The Morgan fingerprint density at radius 1 is 1.08 bits per heavy atom. The van der Waals surface area contributed by atoms with Gasteiger partial charge in [-0.3, -0.25) is 9.59 Å². The van der Waals surface area contributed by atoms with E-state index in [9.17, 15) is 9.59 Å². The molecule has 0 aliphatic rings. The molecule has 0 aliphatic carbocycles. The number of hydrogen-bond acceptors (Lipinski definition) is 3. The number of carbonyl (C=O) groups excluding carboxylic acids is 2. The summed E-state index contributed by atoms with van der Waals surface area (Å²) in [4.78, 5) is 23.8. The summed E-state index contributed by atoms with van der Waals surface area (Å²) in [5.74, 6) is 0.529.